The monoisotopic (exact) mass is 228 g/mol. The number of hydrogen-bond donors (Lipinski definition) is 2. The molecule has 1 aliphatic heterocycles. The molecule has 3 N–H and O–H groups in total. The van der Waals surface area contributed by atoms with Gasteiger partial charge in [0.05, 0.1) is 6.04 Å². The molecule has 1 fully saturated rings. The minimum Gasteiger partial charge on any atom is -0.480 e. The predicted octanol–water partition coefficient (Wildman–Crippen LogP) is 0.579. The van der Waals surface area contributed by atoms with Crippen molar-refractivity contribution in [1.29, 1.82) is 0 Å². The third-order valence-electron chi connectivity index (χ3n) is 3.01. The van der Waals surface area contributed by atoms with Gasteiger partial charge < -0.3 is 15.7 Å². The van der Waals surface area contributed by atoms with E-state index in [0.29, 0.717) is 19.4 Å². The third-order valence-corrected chi connectivity index (χ3v) is 3.01. The average molecular weight is 228 g/mol. The molecule has 5 heteroatoms. The number of aliphatic carboxylic acids is 1. The van der Waals surface area contributed by atoms with E-state index < -0.39 is 18.1 Å². The normalized spacial score (nSPS) is 22.1. The van der Waals surface area contributed by atoms with Gasteiger partial charge >= 0.3 is 5.97 Å². The van der Waals surface area contributed by atoms with Crippen LogP contribution in [0, 0.1) is 0 Å². The maximum atomic E-state index is 11.9. The van der Waals surface area contributed by atoms with Gasteiger partial charge in [-0.1, -0.05) is 19.8 Å². The van der Waals surface area contributed by atoms with Gasteiger partial charge in [-0.25, -0.2) is 4.79 Å². The van der Waals surface area contributed by atoms with Crippen LogP contribution in [0.5, 0.6) is 0 Å². The molecule has 0 aliphatic carbocycles. The molecule has 0 aromatic rings. The Morgan fingerprint density at radius 1 is 1.56 bits per heavy atom. The number of hydrogen-bond acceptors (Lipinski definition) is 3. The van der Waals surface area contributed by atoms with Crippen molar-refractivity contribution < 1.29 is 14.7 Å². The van der Waals surface area contributed by atoms with Gasteiger partial charge in [-0.15, -0.1) is 0 Å². The van der Waals surface area contributed by atoms with E-state index in [1.54, 1.807) is 0 Å². The van der Waals surface area contributed by atoms with E-state index in [4.69, 9.17) is 10.8 Å². The fourth-order valence-corrected chi connectivity index (χ4v) is 2.05. The van der Waals surface area contributed by atoms with Crippen molar-refractivity contribution in [2.24, 2.45) is 5.73 Å². The number of rotatable bonds is 5. The van der Waals surface area contributed by atoms with Gasteiger partial charge in [0.2, 0.25) is 5.91 Å². The smallest absolute Gasteiger partial charge is 0.326 e. The molecule has 0 unspecified atom stereocenters. The summed E-state index contributed by atoms with van der Waals surface area (Å²) in [5, 5.41) is 8.96. The lowest BCUT2D eigenvalue weighted by Gasteiger charge is -2.24. The van der Waals surface area contributed by atoms with Crippen LogP contribution in [0.1, 0.15) is 39.0 Å². The lowest BCUT2D eigenvalue weighted by molar-refractivity contribution is -0.148. The number of unbranched alkanes of at least 4 members (excludes halogenated alkanes) is 1. The fourth-order valence-electron chi connectivity index (χ4n) is 2.05. The molecule has 5 nitrogen and oxygen atoms in total. The molecule has 0 aromatic carbocycles. The number of carbonyl (C=O) groups is 2. The Hall–Kier alpha value is -1.10. The van der Waals surface area contributed by atoms with Gasteiger partial charge in [0.25, 0.3) is 0 Å². The van der Waals surface area contributed by atoms with Crippen molar-refractivity contribution in [3.05, 3.63) is 0 Å². The summed E-state index contributed by atoms with van der Waals surface area (Å²) in [5.41, 5.74) is 5.76. The first-order valence-electron chi connectivity index (χ1n) is 5.86. The molecule has 0 spiro atoms. The Bertz CT molecular complexity index is 268. The summed E-state index contributed by atoms with van der Waals surface area (Å²) in [4.78, 5) is 24.2. The summed E-state index contributed by atoms with van der Waals surface area (Å²) in [5.74, 6) is -1.13. The number of nitrogens with zero attached hydrogens (tertiary/aromatic N) is 1. The van der Waals surface area contributed by atoms with Crippen LogP contribution < -0.4 is 5.73 Å². The largest absolute Gasteiger partial charge is 0.480 e. The maximum absolute atomic E-state index is 11.9. The Labute approximate surface area is 95.6 Å². The minimum atomic E-state index is -0.923. The standard InChI is InChI=1S/C11H20N2O3/c1-2-3-5-8(12)10(14)13-7-4-6-9(13)11(15)16/h8-9H,2-7,12H2,1H3,(H,15,16)/t8-,9-/m0/s1. The van der Waals surface area contributed by atoms with Crippen molar-refractivity contribution in [2.75, 3.05) is 6.54 Å². The van der Waals surface area contributed by atoms with E-state index in [-0.39, 0.29) is 5.91 Å². The molecule has 1 heterocycles. The van der Waals surface area contributed by atoms with Crippen LogP contribution in [-0.4, -0.2) is 40.5 Å². The number of amides is 1. The third kappa shape index (κ3) is 2.95. The Balaban J connectivity index is 2.55. The topological polar surface area (TPSA) is 83.6 Å². The highest BCUT2D eigenvalue weighted by Crippen LogP contribution is 2.19. The number of likely N-dealkylation sites (tertiary alicyclic amines) is 1. The van der Waals surface area contributed by atoms with Crippen LogP contribution in [0.25, 0.3) is 0 Å². The summed E-state index contributed by atoms with van der Waals surface area (Å²) in [7, 11) is 0. The molecule has 92 valence electrons. The van der Waals surface area contributed by atoms with Gasteiger partial charge in [-0.3, -0.25) is 4.79 Å². The number of carboxylic acid groups (broad SMARTS) is 1. The van der Waals surface area contributed by atoms with E-state index in [0.717, 1.165) is 19.3 Å². The van der Waals surface area contributed by atoms with Crippen molar-refractivity contribution in [3.63, 3.8) is 0 Å². The second-order valence-corrected chi connectivity index (χ2v) is 4.28. The lowest BCUT2D eigenvalue weighted by Crippen LogP contribution is -2.48. The second-order valence-electron chi connectivity index (χ2n) is 4.28. The summed E-state index contributed by atoms with van der Waals surface area (Å²) in [6.07, 6.45) is 3.82. The first-order valence-corrected chi connectivity index (χ1v) is 5.86. The summed E-state index contributed by atoms with van der Waals surface area (Å²) in [6, 6.07) is -1.21. The van der Waals surface area contributed by atoms with Crippen LogP contribution in [0.15, 0.2) is 0 Å². The summed E-state index contributed by atoms with van der Waals surface area (Å²) >= 11 is 0. The van der Waals surface area contributed by atoms with E-state index in [1.165, 1.54) is 4.90 Å². The molecule has 0 saturated carbocycles. The zero-order valence-electron chi connectivity index (χ0n) is 9.69. The average Bonchev–Trinajstić information content (AvgIpc) is 2.73. The maximum Gasteiger partial charge on any atom is 0.326 e. The van der Waals surface area contributed by atoms with Crippen LogP contribution in [0.4, 0.5) is 0 Å². The Kier molecular flexibility index (Phi) is 4.73. The second kappa shape index (κ2) is 5.84. The first-order chi connectivity index (χ1) is 7.57. The number of nitrogens with two attached hydrogens (primary N) is 1. The van der Waals surface area contributed by atoms with Crippen molar-refractivity contribution in [3.8, 4) is 0 Å². The minimum absolute atomic E-state index is 0.210. The Morgan fingerprint density at radius 2 is 2.25 bits per heavy atom. The predicted molar refractivity (Wildman–Crippen MR) is 59.9 cm³/mol. The molecular formula is C11H20N2O3. The highest BCUT2D eigenvalue weighted by atomic mass is 16.4. The van der Waals surface area contributed by atoms with Crippen LogP contribution in [0.2, 0.25) is 0 Å². The van der Waals surface area contributed by atoms with Crippen LogP contribution >= 0.6 is 0 Å². The number of carbonyl (C=O) groups excluding carboxylic acids is 1. The summed E-state index contributed by atoms with van der Waals surface area (Å²) < 4.78 is 0. The Morgan fingerprint density at radius 3 is 2.81 bits per heavy atom. The number of carboxylic acids is 1. The van der Waals surface area contributed by atoms with Crippen LogP contribution in [0.3, 0.4) is 0 Å². The van der Waals surface area contributed by atoms with E-state index in [2.05, 4.69) is 0 Å². The van der Waals surface area contributed by atoms with Crippen molar-refractivity contribution in [1.82, 2.24) is 4.90 Å². The highest BCUT2D eigenvalue weighted by Gasteiger charge is 2.35. The molecule has 2 atom stereocenters. The zero-order valence-corrected chi connectivity index (χ0v) is 9.69. The van der Waals surface area contributed by atoms with Gasteiger partial charge in [-0.2, -0.15) is 0 Å². The van der Waals surface area contributed by atoms with Gasteiger partial charge in [0, 0.05) is 6.54 Å². The molecule has 0 bridgehead atoms. The van der Waals surface area contributed by atoms with E-state index in [9.17, 15) is 9.59 Å². The fraction of sp³-hybridized carbons (Fsp3) is 0.818. The highest BCUT2D eigenvalue weighted by molar-refractivity contribution is 5.87. The molecule has 1 amide bonds. The molecule has 0 aromatic heterocycles. The first kappa shape index (κ1) is 13.0. The van der Waals surface area contributed by atoms with Gasteiger partial charge in [0.1, 0.15) is 6.04 Å². The molecule has 1 aliphatic rings. The van der Waals surface area contributed by atoms with E-state index >= 15 is 0 Å². The van der Waals surface area contributed by atoms with Crippen LogP contribution in [-0.2, 0) is 9.59 Å². The van der Waals surface area contributed by atoms with Gasteiger partial charge in [-0.05, 0) is 19.3 Å². The molecule has 1 saturated heterocycles. The zero-order chi connectivity index (χ0) is 12.1. The van der Waals surface area contributed by atoms with Crippen molar-refractivity contribution in [2.45, 2.75) is 51.1 Å². The SMILES string of the molecule is CCCC[C@H](N)C(=O)N1CCC[C@H]1C(=O)O. The molecular weight excluding hydrogens is 208 g/mol. The summed E-state index contributed by atoms with van der Waals surface area (Å²) in [6.45, 7) is 2.56. The molecule has 1 rings (SSSR count). The molecule has 16 heavy (non-hydrogen) atoms. The quantitative estimate of drug-likeness (QED) is 0.721. The van der Waals surface area contributed by atoms with Gasteiger partial charge in [0.15, 0.2) is 0 Å². The van der Waals surface area contributed by atoms with E-state index in [1.807, 2.05) is 6.92 Å². The lowest BCUT2D eigenvalue weighted by atomic mass is 10.1. The van der Waals surface area contributed by atoms with Crippen molar-refractivity contribution >= 4 is 11.9 Å². The molecule has 0 radical (unpaired) electrons.